The van der Waals surface area contributed by atoms with Gasteiger partial charge in [0.25, 0.3) is 5.69 Å². The van der Waals surface area contributed by atoms with Crippen LogP contribution in [0.25, 0.3) is 0 Å². The van der Waals surface area contributed by atoms with Crippen LogP contribution in [0.2, 0.25) is 10.3 Å². The molecule has 0 saturated carbocycles. The number of likely N-dealkylation sites (tertiary alicyclic amines) is 1. The Bertz CT molecular complexity index is 1290. The van der Waals surface area contributed by atoms with Gasteiger partial charge in [0.15, 0.2) is 5.15 Å². The summed E-state index contributed by atoms with van der Waals surface area (Å²) in [4.78, 5) is 29.7. The maximum absolute atomic E-state index is 11.6. The first-order valence-electron chi connectivity index (χ1n) is 13.3. The highest BCUT2D eigenvalue weighted by atomic mass is 35.5. The summed E-state index contributed by atoms with van der Waals surface area (Å²) in [6, 6.07) is 16.3. The Balaban J connectivity index is 1.25. The van der Waals surface area contributed by atoms with Crippen molar-refractivity contribution in [3.63, 3.8) is 0 Å². The molecule has 40 heavy (non-hydrogen) atoms. The smallest absolute Gasteiger partial charge is 0.269 e. The number of nitrogens with zero attached hydrogens (tertiary/aromatic N) is 5. The third-order valence-corrected chi connectivity index (χ3v) is 8.13. The first kappa shape index (κ1) is 29.6. The molecule has 4 rings (SSSR count). The Hall–Kier alpha value is -3.40. The lowest BCUT2D eigenvalue weighted by atomic mass is 9.93. The molecule has 212 valence electrons. The fourth-order valence-electron chi connectivity index (χ4n) is 5.03. The average molecular weight is 586 g/mol. The minimum Gasteiger partial charge on any atom is -0.530 e. The topological polar surface area (TPSA) is 108 Å². The molecule has 9 nitrogen and oxygen atoms in total. The van der Waals surface area contributed by atoms with Crippen LogP contribution in [0.3, 0.4) is 0 Å². The van der Waals surface area contributed by atoms with Gasteiger partial charge in [-0.25, -0.2) is 4.98 Å². The molecule has 1 amide bonds. The number of hydrogen-bond donors (Lipinski definition) is 0. The maximum atomic E-state index is 11.6. The number of imidazole rings is 1. The van der Waals surface area contributed by atoms with Crippen molar-refractivity contribution in [2.45, 2.75) is 38.3 Å². The van der Waals surface area contributed by atoms with E-state index in [1.807, 2.05) is 16.7 Å². The summed E-state index contributed by atoms with van der Waals surface area (Å²) in [5, 5.41) is 23.2. The van der Waals surface area contributed by atoms with Crippen molar-refractivity contribution in [1.29, 1.82) is 0 Å². The lowest BCUT2D eigenvalue weighted by Gasteiger charge is -2.32. The highest BCUT2D eigenvalue weighted by Gasteiger charge is 2.21. The second kappa shape index (κ2) is 14.3. The number of benzene rings is 2. The molecule has 1 fully saturated rings. The zero-order valence-electron chi connectivity index (χ0n) is 22.1. The van der Waals surface area contributed by atoms with Gasteiger partial charge < -0.3 is 24.3 Å². The van der Waals surface area contributed by atoms with Crippen molar-refractivity contribution >= 4 is 35.0 Å². The van der Waals surface area contributed by atoms with E-state index in [4.69, 9.17) is 23.2 Å². The van der Waals surface area contributed by atoms with E-state index >= 15 is 0 Å². The van der Waals surface area contributed by atoms with Crippen molar-refractivity contribution in [1.82, 2.24) is 19.4 Å². The van der Waals surface area contributed by atoms with Crippen LogP contribution in [0.1, 0.15) is 36.3 Å². The van der Waals surface area contributed by atoms with E-state index < -0.39 is 11.0 Å². The van der Waals surface area contributed by atoms with Gasteiger partial charge in [0.2, 0.25) is 0 Å². The van der Waals surface area contributed by atoms with Crippen molar-refractivity contribution in [3.8, 4) is 0 Å². The molecule has 1 saturated heterocycles. The number of nitro groups is 1. The van der Waals surface area contributed by atoms with E-state index in [-0.39, 0.29) is 24.7 Å². The van der Waals surface area contributed by atoms with Crippen LogP contribution in [-0.2, 0) is 13.1 Å². The van der Waals surface area contributed by atoms with Gasteiger partial charge in [0, 0.05) is 37.7 Å². The van der Waals surface area contributed by atoms with Crippen LogP contribution in [0.4, 0.5) is 10.5 Å². The monoisotopic (exact) mass is 584 g/mol. The molecule has 0 spiro atoms. The number of carbonyl (C=O) groups excluding carboxylic acids is 1. The molecular weight excluding hydrogens is 553 g/mol. The normalized spacial score (nSPS) is 15.3. The van der Waals surface area contributed by atoms with Gasteiger partial charge in [0.05, 0.1) is 11.3 Å². The molecule has 1 atom stereocenters. The number of halogens is 2. The average Bonchev–Trinajstić information content (AvgIpc) is 3.28. The van der Waals surface area contributed by atoms with Gasteiger partial charge in [0.1, 0.15) is 11.2 Å². The Morgan fingerprint density at radius 2 is 1.82 bits per heavy atom. The molecule has 1 aromatic heterocycles. The molecule has 0 radical (unpaired) electrons. The molecule has 2 aromatic carbocycles. The van der Waals surface area contributed by atoms with Gasteiger partial charge in [-0.3, -0.25) is 10.1 Å². The van der Waals surface area contributed by atoms with Crippen LogP contribution < -0.4 is 5.11 Å². The van der Waals surface area contributed by atoms with Crippen molar-refractivity contribution < 1.29 is 14.8 Å². The number of carboxylic acid groups (broad SMARTS) is 1. The SMILES string of the molecule is O=C([O-])N(CC=CC1CCN(CCC(Cn2cnc(Cl)c2Cl)c2ccccc2)CC1)Cc1ccc([N+](=O)[O-])cc1. The number of aromatic nitrogens is 2. The minimum absolute atomic E-state index is 0.0296. The first-order valence-corrected chi connectivity index (χ1v) is 14.0. The molecule has 1 aliphatic heterocycles. The van der Waals surface area contributed by atoms with E-state index in [9.17, 15) is 20.0 Å². The lowest BCUT2D eigenvalue weighted by molar-refractivity contribution is -0.384. The maximum Gasteiger partial charge on any atom is 0.269 e. The van der Waals surface area contributed by atoms with Crippen LogP contribution in [-0.4, -0.2) is 56.5 Å². The number of rotatable bonds is 12. The van der Waals surface area contributed by atoms with Gasteiger partial charge in [-0.1, -0.05) is 77.8 Å². The van der Waals surface area contributed by atoms with Crippen LogP contribution in [0, 0.1) is 16.0 Å². The molecule has 1 unspecified atom stereocenters. The highest BCUT2D eigenvalue weighted by Crippen LogP contribution is 2.28. The second-order valence-corrected chi connectivity index (χ2v) is 10.8. The van der Waals surface area contributed by atoms with E-state index in [2.05, 4.69) is 40.2 Å². The number of amides is 1. The number of allylic oxidation sites excluding steroid dienone is 1. The molecular formula is C29H32Cl2N5O4-. The summed E-state index contributed by atoms with van der Waals surface area (Å²) in [5.41, 5.74) is 1.90. The number of non-ortho nitro benzene ring substituents is 1. The van der Waals surface area contributed by atoms with Gasteiger partial charge in [-0.2, -0.15) is 0 Å². The zero-order chi connectivity index (χ0) is 28.5. The number of nitro benzene ring substituents is 1. The van der Waals surface area contributed by atoms with Gasteiger partial charge >= 0.3 is 0 Å². The summed E-state index contributed by atoms with van der Waals surface area (Å²) >= 11 is 12.4. The first-order chi connectivity index (χ1) is 19.3. The quantitative estimate of drug-likeness (QED) is 0.160. The Kier molecular flexibility index (Phi) is 10.6. The van der Waals surface area contributed by atoms with Crippen molar-refractivity contribution in [2.75, 3.05) is 26.2 Å². The summed E-state index contributed by atoms with van der Waals surface area (Å²) in [7, 11) is 0. The Morgan fingerprint density at radius 1 is 1.12 bits per heavy atom. The summed E-state index contributed by atoms with van der Waals surface area (Å²) in [6.45, 7) is 3.93. The predicted molar refractivity (Wildman–Crippen MR) is 153 cm³/mol. The third kappa shape index (κ3) is 8.30. The summed E-state index contributed by atoms with van der Waals surface area (Å²) in [6.07, 6.45) is 7.37. The molecule has 1 aliphatic rings. The lowest BCUT2D eigenvalue weighted by Crippen LogP contribution is -2.40. The van der Waals surface area contributed by atoms with Crippen LogP contribution in [0.15, 0.2) is 73.1 Å². The predicted octanol–water partition coefficient (Wildman–Crippen LogP) is 5.39. The number of hydrogen-bond acceptors (Lipinski definition) is 6. The summed E-state index contributed by atoms with van der Waals surface area (Å²) in [5.74, 6) is 0.656. The largest absolute Gasteiger partial charge is 0.530 e. The van der Waals surface area contributed by atoms with E-state index in [1.165, 1.54) is 22.6 Å². The minimum atomic E-state index is -1.27. The fraction of sp³-hybridized carbons (Fsp3) is 0.379. The zero-order valence-corrected chi connectivity index (χ0v) is 23.6. The fourth-order valence-corrected chi connectivity index (χ4v) is 5.34. The van der Waals surface area contributed by atoms with Crippen molar-refractivity contribution in [3.05, 3.63) is 105 Å². The second-order valence-electron chi connectivity index (χ2n) is 10.1. The third-order valence-electron chi connectivity index (χ3n) is 7.36. The van der Waals surface area contributed by atoms with Crippen LogP contribution >= 0.6 is 23.2 Å². The summed E-state index contributed by atoms with van der Waals surface area (Å²) < 4.78 is 1.90. The molecule has 3 aromatic rings. The number of carbonyl (C=O) groups is 1. The molecule has 2 heterocycles. The Morgan fingerprint density at radius 3 is 2.42 bits per heavy atom. The molecule has 0 N–H and O–H groups in total. The van der Waals surface area contributed by atoms with Crippen molar-refractivity contribution in [2.24, 2.45) is 5.92 Å². The van der Waals surface area contributed by atoms with E-state index in [0.717, 1.165) is 38.9 Å². The standard InChI is InChI=1S/C29H33Cl2N5O4/c30-27-28(31)35(21-32-27)20-25(24-6-2-1-3-7-24)14-18-33-16-12-22(13-17-33)5-4-15-34(29(37)38)19-23-8-10-26(11-9-23)36(39)40/h1-11,21-22,25H,12-20H2,(H,37,38)/p-1. The molecule has 0 aliphatic carbocycles. The van der Waals surface area contributed by atoms with Gasteiger partial charge in [-0.05, 0) is 55.9 Å². The molecule has 0 bridgehead atoms. The van der Waals surface area contributed by atoms with Gasteiger partial charge in [-0.15, -0.1) is 0 Å². The van der Waals surface area contributed by atoms with Crippen LogP contribution in [0.5, 0.6) is 0 Å². The van der Waals surface area contributed by atoms with E-state index in [0.29, 0.717) is 28.3 Å². The molecule has 11 heteroatoms. The number of piperidine rings is 1. The highest BCUT2D eigenvalue weighted by molar-refractivity contribution is 6.40. The Labute approximate surface area is 243 Å². The van der Waals surface area contributed by atoms with E-state index in [1.54, 1.807) is 18.5 Å².